The van der Waals surface area contributed by atoms with E-state index in [0.717, 1.165) is 63.4 Å². The van der Waals surface area contributed by atoms with Gasteiger partial charge in [0.15, 0.2) is 12.2 Å². The number of esters is 1. The van der Waals surface area contributed by atoms with Crippen molar-refractivity contribution in [1.29, 1.82) is 0 Å². The van der Waals surface area contributed by atoms with Crippen molar-refractivity contribution >= 4 is 5.97 Å². The number of hydrogen-bond donors (Lipinski definition) is 1. The Morgan fingerprint density at radius 1 is 1.18 bits per heavy atom. The minimum absolute atomic E-state index is 0.123. The van der Waals surface area contributed by atoms with Crippen LogP contribution in [0.5, 0.6) is 5.75 Å². The van der Waals surface area contributed by atoms with E-state index >= 15 is 0 Å². The second-order valence-corrected chi connectivity index (χ2v) is 11.1. The van der Waals surface area contributed by atoms with Gasteiger partial charge in [-0.05, 0) is 106 Å². The van der Waals surface area contributed by atoms with E-state index in [0.29, 0.717) is 29.4 Å². The average Bonchev–Trinajstić information content (AvgIpc) is 3.17. The first kappa shape index (κ1) is 23.5. The number of allylic oxidation sites excluding steroid dienone is 1. The van der Waals surface area contributed by atoms with Gasteiger partial charge in [-0.25, -0.2) is 4.79 Å². The van der Waals surface area contributed by atoms with Crippen molar-refractivity contribution in [3.8, 4) is 18.1 Å². The van der Waals surface area contributed by atoms with Crippen LogP contribution < -0.4 is 4.74 Å². The number of rotatable bonds is 5. The topological polar surface area (TPSA) is 55.8 Å². The fourth-order valence-electron chi connectivity index (χ4n) is 8.32. The molecule has 0 aliphatic heterocycles. The third-order valence-electron chi connectivity index (χ3n) is 9.75. The van der Waals surface area contributed by atoms with Gasteiger partial charge in [-0.2, -0.15) is 0 Å². The number of ether oxygens (including phenoxy) is 2. The summed E-state index contributed by atoms with van der Waals surface area (Å²) in [6.07, 6.45) is 17.2. The summed E-state index contributed by atoms with van der Waals surface area (Å²) >= 11 is 0. The molecule has 182 valence electrons. The number of fused-ring (bicyclic) bond motifs is 5. The Hall–Kier alpha value is -2.25. The molecule has 4 heteroatoms. The standard InChI is InChI=1S/C30H38O4/c1-4-29-15-13-25-24-12-10-22(31)18-21(24)9-11-26(25)27(29)14-16-30(29,5-2)34-28(32)19-33-23-8-6-7-20(3)17-23/h2,6-8,17-18,22,24-27,31H,4,9-16,19H2,1,3H3/t22?,24?,25?,26?,27?,29-,30-/m0/s1. The molecule has 4 aliphatic rings. The number of carbonyl (C=O) groups is 1. The van der Waals surface area contributed by atoms with E-state index in [1.165, 1.54) is 5.57 Å². The molecule has 5 rings (SSSR count). The van der Waals surface area contributed by atoms with Crippen LogP contribution in [0.15, 0.2) is 35.9 Å². The van der Waals surface area contributed by atoms with E-state index in [2.05, 4.69) is 18.9 Å². The van der Waals surface area contributed by atoms with Crippen LogP contribution in [0.3, 0.4) is 0 Å². The summed E-state index contributed by atoms with van der Waals surface area (Å²) in [5.41, 5.74) is 1.58. The summed E-state index contributed by atoms with van der Waals surface area (Å²) in [7, 11) is 0. The Morgan fingerprint density at radius 2 is 2.03 bits per heavy atom. The van der Waals surface area contributed by atoms with E-state index < -0.39 is 5.60 Å². The molecule has 1 N–H and O–H groups in total. The number of aliphatic hydroxyl groups is 1. The fourth-order valence-corrected chi connectivity index (χ4v) is 8.32. The predicted octanol–water partition coefficient (Wildman–Crippen LogP) is 5.61. The average molecular weight is 463 g/mol. The number of aryl methyl sites for hydroxylation is 1. The van der Waals surface area contributed by atoms with Crippen molar-refractivity contribution in [2.75, 3.05) is 6.61 Å². The van der Waals surface area contributed by atoms with Gasteiger partial charge in [0.05, 0.1) is 6.10 Å². The maximum atomic E-state index is 13.0. The lowest BCUT2D eigenvalue weighted by molar-refractivity contribution is -0.175. The molecular formula is C30H38O4. The van der Waals surface area contributed by atoms with Gasteiger partial charge < -0.3 is 14.6 Å². The van der Waals surface area contributed by atoms with Crippen LogP contribution in [0.4, 0.5) is 0 Å². The Bertz CT molecular complexity index is 1010. The molecule has 1 aromatic carbocycles. The van der Waals surface area contributed by atoms with Crippen LogP contribution in [-0.2, 0) is 9.53 Å². The molecule has 3 saturated carbocycles. The molecule has 0 radical (unpaired) electrons. The zero-order valence-electron chi connectivity index (χ0n) is 20.6. The molecule has 0 aromatic heterocycles. The van der Waals surface area contributed by atoms with Gasteiger partial charge in [-0.15, -0.1) is 6.42 Å². The van der Waals surface area contributed by atoms with Crippen LogP contribution in [0.2, 0.25) is 0 Å². The maximum absolute atomic E-state index is 13.0. The fraction of sp³-hybridized carbons (Fsp3) is 0.633. The quantitative estimate of drug-likeness (QED) is 0.351. The van der Waals surface area contributed by atoms with E-state index in [1.54, 1.807) is 0 Å². The van der Waals surface area contributed by atoms with Crippen molar-refractivity contribution in [3.63, 3.8) is 0 Å². The monoisotopic (exact) mass is 462 g/mol. The Labute approximate surface area is 204 Å². The minimum atomic E-state index is -0.844. The van der Waals surface area contributed by atoms with Crippen LogP contribution in [-0.4, -0.2) is 29.4 Å². The van der Waals surface area contributed by atoms with Gasteiger partial charge in [-0.3, -0.25) is 0 Å². The zero-order valence-corrected chi connectivity index (χ0v) is 20.6. The van der Waals surface area contributed by atoms with Crippen LogP contribution in [0, 0.1) is 48.4 Å². The molecule has 0 bridgehead atoms. The molecule has 1 aromatic rings. The lowest BCUT2D eigenvalue weighted by atomic mass is 9.49. The molecule has 7 atom stereocenters. The summed E-state index contributed by atoms with van der Waals surface area (Å²) in [5.74, 6) is 5.73. The third kappa shape index (κ3) is 3.77. The highest BCUT2D eigenvalue weighted by Crippen LogP contribution is 2.67. The van der Waals surface area contributed by atoms with Gasteiger partial charge in [0, 0.05) is 5.41 Å². The summed E-state index contributed by atoms with van der Waals surface area (Å²) in [6.45, 7) is 4.10. The van der Waals surface area contributed by atoms with E-state index in [1.807, 2.05) is 31.2 Å². The van der Waals surface area contributed by atoms with Gasteiger partial charge >= 0.3 is 5.97 Å². The Kier molecular flexibility index (Phi) is 6.27. The number of aliphatic hydroxyl groups excluding tert-OH is 1. The molecule has 4 nitrogen and oxygen atoms in total. The van der Waals surface area contributed by atoms with Crippen molar-refractivity contribution in [3.05, 3.63) is 41.5 Å². The number of carbonyl (C=O) groups excluding carboxylic acids is 1. The number of benzene rings is 1. The maximum Gasteiger partial charge on any atom is 0.345 e. The van der Waals surface area contributed by atoms with Crippen molar-refractivity contribution in [2.45, 2.75) is 83.3 Å². The highest BCUT2D eigenvalue weighted by atomic mass is 16.6. The zero-order chi connectivity index (χ0) is 23.9. The first-order valence-corrected chi connectivity index (χ1v) is 13.2. The number of hydrogen-bond acceptors (Lipinski definition) is 4. The normalized spacial score (nSPS) is 38.5. The molecule has 0 spiro atoms. The lowest BCUT2D eigenvalue weighted by Gasteiger charge is -2.56. The second-order valence-electron chi connectivity index (χ2n) is 11.1. The first-order chi connectivity index (χ1) is 16.4. The molecule has 3 fully saturated rings. The van der Waals surface area contributed by atoms with Crippen LogP contribution >= 0.6 is 0 Å². The Morgan fingerprint density at radius 3 is 2.79 bits per heavy atom. The van der Waals surface area contributed by atoms with Crippen molar-refractivity contribution in [1.82, 2.24) is 0 Å². The smallest absolute Gasteiger partial charge is 0.345 e. The first-order valence-electron chi connectivity index (χ1n) is 13.2. The molecule has 34 heavy (non-hydrogen) atoms. The van der Waals surface area contributed by atoms with Crippen molar-refractivity contribution < 1.29 is 19.4 Å². The summed E-state index contributed by atoms with van der Waals surface area (Å²) in [6, 6.07) is 7.69. The van der Waals surface area contributed by atoms with E-state index in [-0.39, 0.29) is 24.1 Å². The highest BCUT2D eigenvalue weighted by Gasteiger charge is 2.65. The van der Waals surface area contributed by atoms with Crippen molar-refractivity contribution in [2.24, 2.45) is 29.1 Å². The third-order valence-corrected chi connectivity index (χ3v) is 9.75. The SMILES string of the molecule is C#C[C@]1(OC(=O)COc2cccc(C)c2)CCC2C3CCC4=CC(O)CCC4C3CC[C@@]21CC. The largest absolute Gasteiger partial charge is 0.482 e. The Balaban J connectivity index is 1.33. The molecule has 0 saturated heterocycles. The van der Waals surface area contributed by atoms with Gasteiger partial charge in [0.1, 0.15) is 5.75 Å². The molecule has 4 aliphatic carbocycles. The van der Waals surface area contributed by atoms with E-state index in [9.17, 15) is 9.90 Å². The lowest BCUT2D eigenvalue weighted by Crippen LogP contribution is -2.55. The molecule has 0 heterocycles. The van der Waals surface area contributed by atoms with Gasteiger partial charge in [0.25, 0.3) is 0 Å². The summed E-state index contributed by atoms with van der Waals surface area (Å²) in [5, 5.41) is 10.1. The molecule has 5 unspecified atom stereocenters. The highest BCUT2D eigenvalue weighted by molar-refractivity contribution is 5.72. The predicted molar refractivity (Wildman–Crippen MR) is 132 cm³/mol. The van der Waals surface area contributed by atoms with Crippen LogP contribution in [0.1, 0.15) is 70.3 Å². The summed E-state index contributed by atoms with van der Waals surface area (Å²) in [4.78, 5) is 13.0. The molecule has 0 amide bonds. The molecular weight excluding hydrogens is 424 g/mol. The van der Waals surface area contributed by atoms with Gasteiger partial charge in [0.2, 0.25) is 0 Å². The van der Waals surface area contributed by atoms with Crippen LogP contribution in [0.25, 0.3) is 0 Å². The summed E-state index contributed by atoms with van der Waals surface area (Å²) < 4.78 is 12.0. The minimum Gasteiger partial charge on any atom is -0.482 e. The second kappa shape index (κ2) is 9.08. The van der Waals surface area contributed by atoms with Gasteiger partial charge in [-0.1, -0.05) is 36.6 Å². The number of terminal acetylenes is 1. The van der Waals surface area contributed by atoms with E-state index in [4.69, 9.17) is 15.9 Å².